The highest BCUT2D eigenvalue weighted by atomic mass is 79.9. The number of rotatable bonds is 1. The second-order valence-corrected chi connectivity index (χ2v) is 3.69. The molecule has 0 aromatic heterocycles. The van der Waals surface area contributed by atoms with Crippen LogP contribution in [0.25, 0.3) is 0 Å². The normalized spacial score (nSPS) is 10.0. The smallest absolute Gasteiger partial charge is 0.228 e. The maximum absolute atomic E-state index is 11.2. The molecule has 12 heavy (non-hydrogen) atoms. The number of carbonyl (C=O) groups is 1. The average molecular weight is 227 g/mol. The van der Waals surface area contributed by atoms with Crippen LogP contribution >= 0.6 is 15.9 Å². The van der Waals surface area contributed by atoms with E-state index >= 15 is 0 Å². The van der Waals surface area contributed by atoms with Crippen LogP contribution < -0.4 is 0 Å². The predicted octanol–water partition coefficient (Wildman–Crippen LogP) is 3.15. The lowest BCUT2D eigenvalue weighted by Gasteiger charge is -2.07. The van der Waals surface area contributed by atoms with Crippen LogP contribution in [0.1, 0.15) is 27.0 Å². The predicted molar refractivity (Wildman–Crippen MR) is 53.9 cm³/mol. The first-order valence-corrected chi connectivity index (χ1v) is 4.60. The zero-order valence-corrected chi connectivity index (χ0v) is 9.03. The van der Waals surface area contributed by atoms with Gasteiger partial charge in [-0.1, -0.05) is 12.1 Å². The van der Waals surface area contributed by atoms with Gasteiger partial charge in [-0.15, -0.1) is 0 Å². The molecule has 0 aliphatic heterocycles. The van der Waals surface area contributed by atoms with Crippen molar-refractivity contribution in [2.75, 3.05) is 0 Å². The van der Waals surface area contributed by atoms with Crippen molar-refractivity contribution < 1.29 is 4.79 Å². The molecule has 0 aliphatic rings. The van der Waals surface area contributed by atoms with Crippen LogP contribution in [0.3, 0.4) is 0 Å². The molecule has 1 rings (SSSR count). The summed E-state index contributed by atoms with van der Waals surface area (Å²) in [4.78, 5) is 11.2. The van der Waals surface area contributed by atoms with E-state index in [1.54, 1.807) is 0 Å². The first-order chi connectivity index (χ1) is 5.54. The Hall–Kier alpha value is -0.630. The third kappa shape index (κ3) is 1.58. The van der Waals surface area contributed by atoms with Gasteiger partial charge in [0.1, 0.15) is 0 Å². The summed E-state index contributed by atoms with van der Waals surface area (Å²) in [5.41, 5.74) is 4.05. The molecule has 1 aromatic carbocycles. The molecule has 0 radical (unpaired) electrons. The lowest BCUT2D eigenvalue weighted by molar-refractivity contribution is 0.109. The number of carbonyl (C=O) groups excluding carboxylic acids is 1. The second kappa shape index (κ2) is 3.40. The van der Waals surface area contributed by atoms with Gasteiger partial charge < -0.3 is 0 Å². The van der Waals surface area contributed by atoms with Crippen LogP contribution in [0.4, 0.5) is 0 Å². The molecule has 0 saturated carbocycles. The van der Waals surface area contributed by atoms with Gasteiger partial charge in [-0.25, -0.2) is 0 Å². The zero-order valence-electron chi connectivity index (χ0n) is 7.44. The molecule has 64 valence electrons. The van der Waals surface area contributed by atoms with Gasteiger partial charge in [-0.2, -0.15) is 0 Å². The monoisotopic (exact) mass is 226 g/mol. The minimum absolute atomic E-state index is 0.0267. The number of aryl methyl sites for hydroxylation is 2. The molecule has 1 aromatic rings. The van der Waals surface area contributed by atoms with Crippen molar-refractivity contribution in [3.8, 4) is 0 Å². The fourth-order valence-corrected chi connectivity index (χ4v) is 1.86. The Bertz CT molecular complexity index is 329. The van der Waals surface area contributed by atoms with Gasteiger partial charge in [0.25, 0.3) is 0 Å². The van der Waals surface area contributed by atoms with Crippen molar-refractivity contribution in [2.45, 2.75) is 20.8 Å². The molecule has 0 bridgehead atoms. The number of benzene rings is 1. The van der Waals surface area contributed by atoms with E-state index < -0.39 is 0 Å². The summed E-state index contributed by atoms with van der Waals surface area (Å²) in [5, 5.41) is 0. The highest BCUT2D eigenvalue weighted by Gasteiger charge is 2.09. The van der Waals surface area contributed by atoms with E-state index in [1.165, 1.54) is 0 Å². The third-order valence-corrected chi connectivity index (χ3v) is 2.54. The maximum atomic E-state index is 11.2. The van der Waals surface area contributed by atoms with Gasteiger partial charge in [-0.3, -0.25) is 4.79 Å². The number of hydrogen-bond donors (Lipinski definition) is 0. The van der Waals surface area contributed by atoms with Crippen molar-refractivity contribution >= 4 is 20.6 Å². The van der Waals surface area contributed by atoms with E-state index in [9.17, 15) is 4.79 Å². The molecule has 0 amide bonds. The lowest BCUT2D eigenvalue weighted by atomic mass is 10.00. The number of halogens is 1. The van der Waals surface area contributed by atoms with Crippen LogP contribution in [0.15, 0.2) is 12.1 Å². The Kier molecular flexibility index (Phi) is 2.68. The van der Waals surface area contributed by atoms with Gasteiger partial charge in [0.05, 0.1) is 0 Å². The quantitative estimate of drug-likeness (QED) is 0.673. The van der Waals surface area contributed by atoms with Crippen LogP contribution in [0.5, 0.6) is 0 Å². The van der Waals surface area contributed by atoms with E-state index in [4.69, 9.17) is 0 Å². The highest BCUT2D eigenvalue weighted by Crippen LogP contribution is 2.19. The summed E-state index contributed by atoms with van der Waals surface area (Å²) in [5.74, 6) is 0. The third-order valence-electron chi connectivity index (χ3n) is 2.14. The Balaban J connectivity index is 3.43. The van der Waals surface area contributed by atoms with Crippen molar-refractivity contribution in [1.82, 2.24) is 0 Å². The Morgan fingerprint density at radius 2 is 1.67 bits per heavy atom. The summed E-state index contributed by atoms with van der Waals surface area (Å²) < 4.78 is -0.0267. The number of hydrogen-bond acceptors (Lipinski definition) is 1. The largest absolute Gasteiger partial charge is 0.281 e. The lowest BCUT2D eigenvalue weighted by Crippen LogP contribution is -1.98. The molecule has 0 spiro atoms. The van der Waals surface area contributed by atoms with E-state index in [0.717, 1.165) is 22.3 Å². The minimum atomic E-state index is -0.0267. The van der Waals surface area contributed by atoms with E-state index in [2.05, 4.69) is 15.9 Å². The molecule has 0 fully saturated rings. The zero-order chi connectivity index (χ0) is 9.30. The molecule has 0 atom stereocenters. The van der Waals surface area contributed by atoms with Gasteiger partial charge in [0.2, 0.25) is 4.69 Å². The van der Waals surface area contributed by atoms with Crippen LogP contribution in [-0.2, 0) is 0 Å². The summed E-state index contributed by atoms with van der Waals surface area (Å²) >= 11 is 2.98. The summed E-state index contributed by atoms with van der Waals surface area (Å²) in [6.45, 7) is 5.92. The van der Waals surface area contributed by atoms with Crippen molar-refractivity contribution in [1.29, 1.82) is 0 Å². The fourth-order valence-electron chi connectivity index (χ4n) is 1.25. The molecule has 0 saturated heterocycles. The van der Waals surface area contributed by atoms with Gasteiger partial charge >= 0.3 is 0 Å². The van der Waals surface area contributed by atoms with E-state index in [0.29, 0.717) is 0 Å². The van der Waals surface area contributed by atoms with Crippen LogP contribution in [-0.4, -0.2) is 4.69 Å². The van der Waals surface area contributed by atoms with E-state index in [1.807, 2.05) is 32.9 Å². The SMILES string of the molecule is Cc1ccc(C)c(C(=O)Br)c1C. The molecule has 0 unspecified atom stereocenters. The van der Waals surface area contributed by atoms with E-state index in [-0.39, 0.29) is 4.69 Å². The molecular formula is C10H11BrO. The fraction of sp³-hybridized carbons (Fsp3) is 0.300. The molecule has 0 aliphatic carbocycles. The topological polar surface area (TPSA) is 17.1 Å². The molecule has 0 heterocycles. The Morgan fingerprint density at radius 1 is 1.17 bits per heavy atom. The first-order valence-electron chi connectivity index (χ1n) is 3.80. The van der Waals surface area contributed by atoms with Crippen LogP contribution in [0, 0.1) is 20.8 Å². The first kappa shape index (κ1) is 9.46. The molecular weight excluding hydrogens is 216 g/mol. The van der Waals surface area contributed by atoms with Crippen molar-refractivity contribution in [3.63, 3.8) is 0 Å². The average Bonchev–Trinajstić information content (AvgIpc) is 1.97. The highest BCUT2D eigenvalue weighted by molar-refractivity contribution is 9.18. The summed E-state index contributed by atoms with van der Waals surface area (Å²) in [6, 6.07) is 4.00. The molecule has 1 nitrogen and oxygen atoms in total. The Labute approximate surface area is 80.9 Å². The molecule has 0 N–H and O–H groups in total. The van der Waals surface area contributed by atoms with Crippen LogP contribution in [0.2, 0.25) is 0 Å². The van der Waals surface area contributed by atoms with Crippen molar-refractivity contribution in [2.24, 2.45) is 0 Å². The molecule has 2 heteroatoms. The summed E-state index contributed by atoms with van der Waals surface area (Å²) in [6.07, 6.45) is 0. The maximum Gasteiger partial charge on any atom is 0.228 e. The Morgan fingerprint density at radius 3 is 2.08 bits per heavy atom. The van der Waals surface area contributed by atoms with Gasteiger partial charge in [-0.05, 0) is 53.4 Å². The van der Waals surface area contributed by atoms with Gasteiger partial charge in [0, 0.05) is 5.56 Å². The minimum Gasteiger partial charge on any atom is -0.281 e. The standard InChI is InChI=1S/C10H11BrO/c1-6-4-5-7(2)9(8(6)3)10(11)12/h4-5H,1-3H3. The van der Waals surface area contributed by atoms with Crippen molar-refractivity contribution in [3.05, 3.63) is 34.4 Å². The second-order valence-electron chi connectivity index (χ2n) is 2.97. The summed E-state index contributed by atoms with van der Waals surface area (Å²) in [7, 11) is 0. The van der Waals surface area contributed by atoms with Gasteiger partial charge in [0.15, 0.2) is 0 Å².